The molecule has 0 radical (unpaired) electrons. The fourth-order valence-corrected chi connectivity index (χ4v) is 3.33. The van der Waals surface area contributed by atoms with Crippen molar-refractivity contribution in [3.05, 3.63) is 23.8 Å². The molecule has 1 aliphatic heterocycles. The first-order valence-corrected chi connectivity index (χ1v) is 6.98. The van der Waals surface area contributed by atoms with Gasteiger partial charge in [0.15, 0.2) is 0 Å². The summed E-state index contributed by atoms with van der Waals surface area (Å²) < 4.78 is 0. The number of hydrogen-bond donors (Lipinski definition) is 1. The van der Waals surface area contributed by atoms with Gasteiger partial charge in [0, 0.05) is 24.1 Å². The Kier molecular flexibility index (Phi) is 3.64. The van der Waals surface area contributed by atoms with E-state index in [2.05, 4.69) is 48.7 Å². The highest BCUT2D eigenvalue weighted by Gasteiger charge is 2.20. The lowest BCUT2D eigenvalue weighted by Gasteiger charge is -2.34. The summed E-state index contributed by atoms with van der Waals surface area (Å²) in [4.78, 5) is 2.43. The van der Waals surface area contributed by atoms with Crippen LogP contribution < -0.4 is 10.6 Å². The smallest absolute Gasteiger partial charge is 0.0600 e. The highest BCUT2D eigenvalue weighted by atomic mass is 32.2. The van der Waals surface area contributed by atoms with Gasteiger partial charge in [-0.25, -0.2) is 0 Å². The van der Waals surface area contributed by atoms with E-state index in [-0.39, 0.29) is 0 Å². The second-order valence-corrected chi connectivity index (χ2v) is 5.82. The maximum atomic E-state index is 6.09. The molecule has 1 fully saturated rings. The SMILES string of the molecule is CCC1CN(c2ccc(C)cc2N)CCS1. The van der Waals surface area contributed by atoms with Crippen LogP contribution in [-0.4, -0.2) is 24.1 Å². The van der Waals surface area contributed by atoms with E-state index in [0.29, 0.717) is 0 Å². The molecule has 16 heavy (non-hydrogen) atoms. The van der Waals surface area contributed by atoms with Crippen LogP contribution in [0.25, 0.3) is 0 Å². The number of aryl methyl sites for hydroxylation is 1. The molecule has 2 nitrogen and oxygen atoms in total. The maximum absolute atomic E-state index is 6.09. The average Bonchev–Trinajstić information content (AvgIpc) is 2.29. The Bertz CT molecular complexity index is 365. The largest absolute Gasteiger partial charge is 0.397 e. The van der Waals surface area contributed by atoms with Gasteiger partial charge in [-0.05, 0) is 31.0 Å². The van der Waals surface area contributed by atoms with Crippen LogP contribution in [0.2, 0.25) is 0 Å². The summed E-state index contributed by atoms with van der Waals surface area (Å²) in [7, 11) is 0. The molecule has 1 aromatic rings. The second kappa shape index (κ2) is 5.00. The second-order valence-electron chi connectivity index (χ2n) is 4.41. The zero-order valence-corrected chi connectivity index (χ0v) is 10.9. The van der Waals surface area contributed by atoms with Gasteiger partial charge < -0.3 is 10.6 Å². The predicted octanol–water partition coefficient (Wildman–Crippen LogP) is 2.91. The van der Waals surface area contributed by atoms with Gasteiger partial charge in [0.2, 0.25) is 0 Å². The standard InChI is InChI=1S/C13H20N2S/c1-3-11-9-15(6-7-16-11)13-5-4-10(2)8-12(13)14/h4-5,8,11H,3,6-7,9,14H2,1-2H3. The van der Waals surface area contributed by atoms with E-state index in [1.165, 1.54) is 23.4 Å². The molecular formula is C13H20N2S. The predicted molar refractivity (Wildman–Crippen MR) is 74.3 cm³/mol. The Hall–Kier alpha value is -0.830. The van der Waals surface area contributed by atoms with E-state index in [1.807, 2.05) is 0 Å². The van der Waals surface area contributed by atoms with Gasteiger partial charge in [-0.2, -0.15) is 11.8 Å². The van der Waals surface area contributed by atoms with Crippen LogP contribution in [0.1, 0.15) is 18.9 Å². The normalized spacial score (nSPS) is 21.1. The zero-order chi connectivity index (χ0) is 11.5. The molecule has 0 bridgehead atoms. The molecule has 1 heterocycles. The molecule has 3 heteroatoms. The monoisotopic (exact) mass is 236 g/mol. The quantitative estimate of drug-likeness (QED) is 0.801. The van der Waals surface area contributed by atoms with Gasteiger partial charge in [0.1, 0.15) is 0 Å². The van der Waals surface area contributed by atoms with Crippen LogP contribution in [0, 0.1) is 6.92 Å². The van der Waals surface area contributed by atoms with E-state index >= 15 is 0 Å². The van der Waals surface area contributed by atoms with Crippen molar-refractivity contribution in [1.82, 2.24) is 0 Å². The van der Waals surface area contributed by atoms with Crippen molar-refractivity contribution in [3.63, 3.8) is 0 Å². The average molecular weight is 236 g/mol. The van der Waals surface area contributed by atoms with E-state index in [0.717, 1.165) is 24.0 Å². The van der Waals surface area contributed by atoms with E-state index in [4.69, 9.17) is 5.73 Å². The summed E-state index contributed by atoms with van der Waals surface area (Å²) in [6.07, 6.45) is 1.24. The van der Waals surface area contributed by atoms with Gasteiger partial charge in [0.05, 0.1) is 11.4 Å². The molecule has 0 aliphatic carbocycles. The fourth-order valence-electron chi connectivity index (χ4n) is 2.15. The van der Waals surface area contributed by atoms with E-state index in [1.54, 1.807) is 0 Å². The maximum Gasteiger partial charge on any atom is 0.0600 e. The molecule has 2 rings (SSSR count). The number of hydrogen-bond acceptors (Lipinski definition) is 3. The molecule has 1 atom stereocenters. The third-order valence-electron chi connectivity index (χ3n) is 3.12. The Balaban J connectivity index is 2.16. The van der Waals surface area contributed by atoms with Gasteiger partial charge in [0.25, 0.3) is 0 Å². The van der Waals surface area contributed by atoms with Crippen LogP contribution in [0.4, 0.5) is 11.4 Å². The Morgan fingerprint density at radius 3 is 3.00 bits per heavy atom. The minimum absolute atomic E-state index is 0.759. The summed E-state index contributed by atoms with van der Waals surface area (Å²) in [6, 6.07) is 6.37. The van der Waals surface area contributed by atoms with Gasteiger partial charge in [-0.15, -0.1) is 0 Å². The number of nitrogen functional groups attached to an aromatic ring is 1. The summed E-state index contributed by atoms with van der Waals surface area (Å²) in [5.74, 6) is 1.21. The van der Waals surface area contributed by atoms with Crippen LogP contribution in [0.3, 0.4) is 0 Å². The number of benzene rings is 1. The van der Waals surface area contributed by atoms with Gasteiger partial charge in [-0.1, -0.05) is 13.0 Å². The molecule has 1 unspecified atom stereocenters. The topological polar surface area (TPSA) is 29.3 Å². The third-order valence-corrected chi connectivity index (χ3v) is 4.49. The van der Waals surface area contributed by atoms with Crippen molar-refractivity contribution >= 4 is 23.1 Å². The number of anilines is 2. The molecule has 0 spiro atoms. The summed E-state index contributed by atoms with van der Waals surface area (Å²) in [6.45, 7) is 6.60. The molecule has 2 N–H and O–H groups in total. The van der Waals surface area contributed by atoms with Gasteiger partial charge in [-0.3, -0.25) is 0 Å². The molecule has 1 saturated heterocycles. The molecule has 1 aliphatic rings. The molecule has 0 saturated carbocycles. The first kappa shape index (κ1) is 11.6. The Labute approximate surface area is 102 Å². The fraction of sp³-hybridized carbons (Fsp3) is 0.538. The Morgan fingerprint density at radius 1 is 1.50 bits per heavy atom. The number of rotatable bonds is 2. The van der Waals surface area contributed by atoms with Gasteiger partial charge >= 0.3 is 0 Å². The lowest BCUT2D eigenvalue weighted by atomic mass is 10.1. The van der Waals surface area contributed by atoms with Crippen molar-refractivity contribution < 1.29 is 0 Å². The molecule has 0 amide bonds. The highest BCUT2D eigenvalue weighted by molar-refractivity contribution is 8.00. The summed E-state index contributed by atoms with van der Waals surface area (Å²) >= 11 is 2.09. The minimum Gasteiger partial charge on any atom is -0.397 e. The number of nitrogens with zero attached hydrogens (tertiary/aromatic N) is 1. The van der Waals surface area contributed by atoms with E-state index < -0.39 is 0 Å². The van der Waals surface area contributed by atoms with Crippen LogP contribution in [0.5, 0.6) is 0 Å². The van der Waals surface area contributed by atoms with Crippen molar-refractivity contribution in [2.24, 2.45) is 0 Å². The number of nitrogens with two attached hydrogens (primary N) is 1. The van der Waals surface area contributed by atoms with Crippen molar-refractivity contribution in [3.8, 4) is 0 Å². The van der Waals surface area contributed by atoms with E-state index in [9.17, 15) is 0 Å². The summed E-state index contributed by atoms with van der Waals surface area (Å²) in [5, 5.41) is 0.759. The Morgan fingerprint density at radius 2 is 2.31 bits per heavy atom. The van der Waals surface area contributed by atoms with Crippen LogP contribution >= 0.6 is 11.8 Å². The lowest BCUT2D eigenvalue weighted by Crippen LogP contribution is -2.37. The first-order chi connectivity index (χ1) is 7.70. The zero-order valence-electron chi connectivity index (χ0n) is 10.1. The molecule has 1 aromatic carbocycles. The lowest BCUT2D eigenvalue weighted by molar-refractivity contribution is 0.729. The van der Waals surface area contributed by atoms with Crippen LogP contribution in [-0.2, 0) is 0 Å². The first-order valence-electron chi connectivity index (χ1n) is 5.93. The third kappa shape index (κ3) is 2.46. The summed E-state index contributed by atoms with van der Waals surface area (Å²) in [5.41, 5.74) is 9.46. The van der Waals surface area contributed by atoms with Crippen molar-refractivity contribution in [1.29, 1.82) is 0 Å². The molecular weight excluding hydrogens is 216 g/mol. The van der Waals surface area contributed by atoms with Crippen LogP contribution in [0.15, 0.2) is 18.2 Å². The molecule has 88 valence electrons. The van der Waals surface area contributed by atoms with Crippen molar-refractivity contribution in [2.45, 2.75) is 25.5 Å². The molecule has 0 aromatic heterocycles. The van der Waals surface area contributed by atoms with Crippen molar-refractivity contribution in [2.75, 3.05) is 29.5 Å². The number of thioether (sulfide) groups is 1. The minimum atomic E-state index is 0.759. The highest BCUT2D eigenvalue weighted by Crippen LogP contribution is 2.29.